The number of hydrogen-bond acceptors (Lipinski definition) is 3. The third kappa shape index (κ3) is 4.07. The van der Waals surface area contributed by atoms with Gasteiger partial charge in [-0.1, -0.05) is 59.3 Å². The summed E-state index contributed by atoms with van der Waals surface area (Å²) in [7, 11) is 0. The highest BCUT2D eigenvalue weighted by atomic mass is 16.4. The molecule has 1 unspecified atom stereocenters. The first-order chi connectivity index (χ1) is 10.1. The summed E-state index contributed by atoms with van der Waals surface area (Å²) >= 11 is 0. The Labute approximate surface area is 125 Å². The minimum atomic E-state index is 0.127. The first-order valence-corrected chi connectivity index (χ1v) is 6.97. The lowest BCUT2D eigenvalue weighted by Gasteiger charge is -2.14. The number of aryl methyl sites for hydroxylation is 1. The van der Waals surface area contributed by atoms with Gasteiger partial charge in [0.25, 0.3) is 0 Å². The maximum Gasteiger partial charge on any atom is 0.170 e. The topological polar surface area (TPSA) is 70.6 Å². The third-order valence-corrected chi connectivity index (χ3v) is 3.55. The van der Waals surface area contributed by atoms with Gasteiger partial charge in [0.05, 0.1) is 0 Å². The predicted octanol–water partition coefficient (Wildman–Crippen LogP) is 2.94. The Morgan fingerprint density at radius 1 is 1.14 bits per heavy atom. The Balaban J connectivity index is 1.95. The van der Waals surface area contributed by atoms with E-state index in [4.69, 9.17) is 10.9 Å². The second-order valence-corrected chi connectivity index (χ2v) is 5.20. The van der Waals surface area contributed by atoms with Gasteiger partial charge in [0.1, 0.15) is 0 Å². The molecule has 0 saturated heterocycles. The quantitative estimate of drug-likeness (QED) is 0.342. The Bertz CT molecular complexity index is 603. The molecule has 0 spiro atoms. The van der Waals surface area contributed by atoms with Gasteiger partial charge in [0, 0.05) is 18.2 Å². The van der Waals surface area contributed by atoms with Crippen molar-refractivity contribution in [3.05, 3.63) is 70.8 Å². The smallest absolute Gasteiger partial charge is 0.170 e. The minimum Gasteiger partial charge on any atom is -0.409 e. The molecule has 0 heterocycles. The molecule has 2 rings (SSSR count). The maximum absolute atomic E-state index is 8.63. The van der Waals surface area contributed by atoms with Crippen LogP contribution in [-0.2, 0) is 6.54 Å². The van der Waals surface area contributed by atoms with Crippen LogP contribution in [-0.4, -0.2) is 11.0 Å². The molecule has 0 aliphatic heterocycles. The van der Waals surface area contributed by atoms with Crippen molar-refractivity contribution >= 4 is 5.84 Å². The fourth-order valence-electron chi connectivity index (χ4n) is 2.10. The van der Waals surface area contributed by atoms with E-state index in [0.717, 1.165) is 12.1 Å². The Kier molecular flexibility index (Phi) is 4.95. The molecule has 4 heteroatoms. The monoisotopic (exact) mass is 283 g/mol. The summed E-state index contributed by atoms with van der Waals surface area (Å²) in [6, 6.07) is 16.5. The van der Waals surface area contributed by atoms with E-state index in [2.05, 4.69) is 48.6 Å². The van der Waals surface area contributed by atoms with Crippen LogP contribution in [0.15, 0.2) is 53.7 Å². The molecule has 0 saturated carbocycles. The largest absolute Gasteiger partial charge is 0.409 e. The molecule has 110 valence electrons. The maximum atomic E-state index is 8.63. The Hall–Kier alpha value is -2.33. The number of hydrogen-bond donors (Lipinski definition) is 3. The highest BCUT2D eigenvalue weighted by Gasteiger charge is 2.05. The molecular formula is C17H21N3O. The van der Waals surface area contributed by atoms with Gasteiger partial charge < -0.3 is 16.3 Å². The van der Waals surface area contributed by atoms with Crippen molar-refractivity contribution in [2.24, 2.45) is 10.9 Å². The lowest BCUT2D eigenvalue weighted by atomic mass is 10.1. The van der Waals surface area contributed by atoms with Crippen LogP contribution in [0.5, 0.6) is 0 Å². The van der Waals surface area contributed by atoms with Gasteiger partial charge in [-0.05, 0) is 25.0 Å². The van der Waals surface area contributed by atoms with E-state index in [1.165, 1.54) is 11.1 Å². The first kappa shape index (κ1) is 15.1. The summed E-state index contributed by atoms with van der Waals surface area (Å²) in [6.45, 7) is 5.01. The average molecular weight is 283 g/mol. The molecule has 2 aromatic rings. The number of rotatable bonds is 5. The van der Waals surface area contributed by atoms with Gasteiger partial charge in [0.15, 0.2) is 5.84 Å². The van der Waals surface area contributed by atoms with Crippen molar-refractivity contribution in [3.8, 4) is 0 Å². The van der Waals surface area contributed by atoms with Crippen LogP contribution >= 0.6 is 0 Å². The molecule has 21 heavy (non-hydrogen) atoms. The van der Waals surface area contributed by atoms with Crippen LogP contribution in [0.1, 0.15) is 35.2 Å². The Morgan fingerprint density at radius 3 is 2.33 bits per heavy atom. The molecule has 0 amide bonds. The van der Waals surface area contributed by atoms with Crippen LogP contribution in [0.2, 0.25) is 0 Å². The number of oxime groups is 1. The summed E-state index contributed by atoms with van der Waals surface area (Å²) in [6.07, 6.45) is 0. The molecule has 2 aromatic carbocycles. The normalized spacial score (nSPS) is 13.1. The second kappa shape index (κ2) is 6.90. The van der Waals surface area contributed by atoms with E-state index in [1.807, 2.05) is 24.3 Å². The van der Waals surface area contributed by atoms with Crippen molar-refractivity contribution in [2.45, 2.75) is 26.4 Å². The van der Waals surface area contributed by atoms with Crippen LogP contribution < -0.4 is 11.1 Å². The zero-order valence-corrected chi connectivity index (χ0v) is 12.4. The molecule has 0 bridgehead atoms. The molecule has 0 aromatic heterocycles. The molecular weight excluding hydrogens is 262 g/mol. The molecule has 0 aliphatic rings. The minimum absolute atomic E-state index is 0.127. The van der Waals surface area contributed by atoms with E-state index >= 15 is 0 Å². The van der Waals surface area contributed by atoms with Gasteiger partial charge >= 0.3 is 0 Å². The van der Waals surface area contributed by atoms with Gasteiger partial charge in [-0.15, -0.1) is 0 Å². The fourth-order valence-corrected chi connectivity index (χ4v) is 2.10. The van der Waals surface area contributed by atoms with Crippen molar-refractivity contribution in [1.82, 2.24) is 5.32 Å². The molecule has 4 N–H and O–H groups in total. The van der Waals surface area contributed by atoms with E-state index in [1.54, 1.807) is 0 Å². The highest BCUT2D eigenvalue weighted by Crippen LogP contribution is 2.14. The highest BCUT2D eigenvalue weighted by molar-refractivity contribution is 5.96. The zero-order valence-electron chi connectivity index (χ0n) is 12.4. The van der Waals surface area contributed by atoms with Gasteiger partial charge in [-0.3, -0.25) is 0 Å². The molecule has 0 aliphatic carbocycles. The number of nitrogens with zero attached hydrogens (tertiary/aromatic N) is 1. The summed E-state index contributed by atoms with van der Waals surface area (Å²) in [4.78, 5) is 0. The zero-order chi connectivity index (χ0) is 15.2. The van der Waals surface area contributed by atoms with E-state index in [0.29, 0.717) is 5.56 Å². The lowest BCUT2D eigenvalue weighted by molar-refractivity contribution is 0.318. The SMILES string of the molecule is Cc1ccc(C(C)NCc2ccc(C(N)=NO)cc2)cc1. The second-order valence-electron chi connectivity index (χ2n) is 5.20. The fraction of sp³-hybridized carbons (Fsp3) is 0.235. The predicted molar refractivity (Wildman–Crippen MR) is 85.4 cm³/mol. The summed E-state index contributed by atoms with van der Waals surface area (Å²) in [5, 5.41) is 15.1. The van der Waals surface area contributed by atoms with E-state index in [-0.39, 0.29) is 11.9 Å². The van der Waals surface area contributed by atoms with Gasteiger partial charge in [0.2, 0.25) is 0 Å². The summed E-state index contributed by atoms with van der Waals surface area (Å²) in [5.74, 6) is 0.127. The van der Waals surface area contributed by atoms with Crippen LogP contribution in [0, 0.1) is 6.92 Å². The average Bonchev–Trinajstić information content (AvgIpc) is 2.53. The van der Waals surface area contributed by atoms with E-state index in [9.17, 15) is 0 Å². The Morgan fingerprint density at radius 2 is 1.76 bits per heavy atom. The van der Waals surface area contributed by atoms with Crippen LogP contribution in [0.25, 0.3) is 0 Å². The standard InChI is InChI=1S/C17H21N3O/c1-12-3-7-15(8-4-12)13(2)19-11-14-5-9-16(10-6-14)17(18)20-21/h3-10,13,19,21H,11H2,1-2H3,(H2,18,20). The van der Waals surface area contributed by atoms with Crippen molar-refractivity contribution in [2.75, 3.05) is 0 Å². The summed E-state index contributed by atoms with van der Waals surface area (Å²) in [5.41, 5.74) is 9.95. The van der Waals surface area contributed by atoms with Crippen molar-refractivity contribution in [1.29, 1.82) is 0 Å². The summed E-state index contributed by atoms with van der Waals surface area (Å²) < 4.78 is 0. The van der Waals surface area contributed by atoms with Crippen molar-refractivity contribution < 1.29 is 5.21 Å². The molecule has 4 nitrogen and oxygen atoms in total. The van der Waals surface area contributed by atoms with Gasteiger partial charge in [-0.25, -0.2) is 0 Å². The molecule has 0 fully saturated rings. The number of amidine groups is 1. The van der Waals surface area contributed by atoms with E-state index < -0.39 is 0 Å². The number of nitrogens with two attached hydrogens (primary N) is 1. The molecule has 0 radical (unpaired) electrons. The number of benzene rings is 2. The van der Waals surface area contributed by atoms with Crippen LogP contribution in [0.4, 0.5) is 0 Å². The van der Waals surface area contributed by atoms with Crippen LogP contribution in [0.3, 0.4) is 0 Å². The third-order valence-electron chi connectivity index (χ3n) is 3.55. The lowest BCUT2D eigenvalue weighted by Crippen LogP contribution is -2.18. The first-order valence-electron chi connectivity index (χ1n) is 6.97. The van der Waals surface area contributed by atoms with Gasteiger partial charge in [-0.2, -0.15) is 0 Å². The molecule has 1 atom stereocenters. The number of nitrogens with one attached hydrogen (secondary N) is 1. The van der Waals surface area contributed by atoms with Crippen molar-refractivity contribution in [3.63, 3.8) is 0 Å².